The van der Waals surface area contributed by atoms with Gasteiger partial charge < -0.3 is 9.84 Å². The molecule has 0 aromatic heterocycles. The van der Waals surface area contributed by atoms with Gasteiger partial charge in [0.05, 0.1) is 19.1 Å². The number of ether oxygens (including phenoxy) is 1. The third-order valence-corrected chi connectivity index (χ3v) is 1.95. The van der Waals surface area contributed by atoms with Crippen LogP contribution in [0.25, 0.3) is 0 Å². The second-order valence-electron chi connectivity index (χ2n) is 3.12. The molecule has 1 unspecified atom stereocenters. The van der Waals surface area contributed by atoms with Gasteiger partial charge in [-0.25, -0.2) is 0 Å². The normalized spacial score (nSPS) is 12.0. The molecule has 0 aliphatic rings. The van der Waals surface area contributed by atoms with Gasteiger partial charge >= 0.3 is 5.97 Å². The van der Waals surface area contributed by atoms with Crippen molar-refractivity contribution in [3.8, 4) is 0 Å². The first-order valence-corrected chi connectivity index (χ1v) is 4.73. The van der Waals surface area contributed by atoms with Crippen LogP contribution in [0.15, 0.2) is 43.0 Å². The fourth-order valence-electron chi connectivity index (χ4n) is 1.28. The topological polar surface area (TPSA) is 46.5 Å². The van der Waals surface area contributed by atoms with E-state index in [0.717, 1.165) is 5.56 Å². The fourth-order valence-corrected chi connectivity index (χ4v) is 1.28. The lowest BCUT2D eigenvalue weighted by atomic mass is 10.1. The molecule has 1 aromatic carbocycles. The van der Waals surface area contributed by atoms with E-state index < -0.39 is 12.1 Å². The van der Waals surface area contributed by atoms with Gasteiger partial charge in [0.1, 0.15) is 0 Å². The first kappa shape index (κ1) is 11.5. The van der Waals surface area contributed by atoms with Crippen LogP contribution in [-0.4, -0.2) is 17.7 Å². The zero-order chi connectivity index (χ0) is 11.1. The standard InChI is InChI=1S/C12H14O3/c1-2-8-15-11(9-12(13)14)10-6-4-3-5-7-10/h2-7,11H,1,8-9H2,(H,13,14). The Balaban J connectivity index is 2.71. The smallest absolute Gasteiger partial charge is 0.306 e. The van der Waals surface area contributed by atoms with Crippen molar-refractivity contribution < 1.29 is 14.6 Å². The predicted octanol–water partition coefficient (Wildman–Crippen LogP) is 2.41. The van der Waals surface area contributed by atoms with E-state index in [1.54, 1.807) is 6.08 Å². The van der Waals surface area contributed by atoms with Crippen molar-refractivity contribution in [1.82, 2.24) is 0 Å². The van der Waals surface area contributed by atoms with Crippen molar-refractivity contribution in [2.75, 3.05) is 6.61 Å². The number of hydrogen-bond acceptors (Lipinski definition) is 2. The van der Waals surface area contributed by atoms with Crippen LogP contribution in [0.5, 0.6) is 0 Å². The van der Waals surface area contributed by atoms with Gasteiger partial charge in [-0.3, -0.25) is 4.79 Å². The molecule has 1 rings (SSSR count). The summed E-state index contributed by atoms with van der Waals surface area (Å²) >= 11 is 0. The molecule has 1 aromatic rings. The molecule has 0 amide bonds. The van der Waals surface area contributed by atoms with Crippen molar-refractivity contribution in [1.29, 1.82) is 0 Å². The van der Waals surface area contributed by atoms with E-state index >= 15 is 0 Å². The highest BCUT2D eigenvalue weighted by atomic mass is 16.5. The zero-order valence-electron chi connectivity index (χ0n) is 8.43. The van der Waals surface area contributed by atoms with Crippen molar-refractivity contribution in [3.63, 3.8) is 0 Å². The number of aliphatic carboxylic acids is 1. The molecule has 1 atom stereocenters. The Bertz CT molecular complexity index is 319. The van der Waals surface area contributed by atoms with Crippen LogP contribution in [0.3, 0.4) is 0 Å². The van der Waals surface area contributed by atoms with E-state index in [9.17, 15) is 4.79 Å². The molecule has 0 aliphatic heterocycles. The molecule has 0 fully saturated rings. The van der Waals surface area contributed by atoms with Gasteiger partial charge in [0, 0.05) is 0 Å². The Morgan fingerprint density at radius 3 is 2.67 bits per heavy atom. The number of carboxylic acid groups (broad SMARTS) is 1. The summed E-state index contributed by atoms with van der Waals surface area (Å²) in [7, 11) is 0. The Morgan fingerprint density at radius 2 is 2.13 bits per heavy atom. The minimum Gasteiger partial charge on any atom is -0.481 e. The molecule has 0 aliphatic carbocycles. The summed E-state index contributed by atoms with van der Waals surface area (Å²) < 4.78 is 5.39. The third kappa shape index (κ3) is 3.95. The Hall–Kier alpha value is -1.61. The van der Waals surface area contributed by atoms with E-state index in [1.807, 2.05) is 30.3 Å². The molecule has 0 radical (unpaired) electrons. The van der Waals surface area contributed by atoms with Gasteiger partial charge in [-0.2, -0.15) is 0 Å². The molecule has 3 nitrogen and oxygen atoms in total. The van der Waals surface area contributed by atoms with Gasteiger partial charge in [0.25, 0.3) is 0 Å². The van der Waals surface area contributed by atoms with E-state index in [1.165, 1.54) is 0 Å². The van der Waals surface area contributed by atoms with Crippen LogP contribution in [0, 0.1) is 0 Å². The van der Waals surface area contributed by atoms with E-state index in [4.69, 9.17) is 9.84 Å². The lowest BCUT2D eigenvalue weighted by Gasteiger charge is -2.15. The van der Waals surface area contributed by atoms with Crippen LogP contribution in [0.4, 0.5) is 0 Å². The SMILES string of the molecule is C=CCOC(CC(=O)O)c1ccccc1. The highest BCUT2D eigenvalue weighted by Gasteiger charge is 2.14. The minimum atomic E-state index is -0.868. The Labute approximate surface area is 89.0 Å². The molecule has 0 saturated carbocycles. The van der Waals surface area contributed by atoms with Crippen LogP contribution in [0.2, 0.25) is 0 Å². The Morgan fingerprint density at radius 1 is 1.47 bits per heavy atom. The lowest BCUT2D eigenvalue weighted by Crippen LogP contribution is -2.10. The van der Waals surface area contributed by atoms with Crippen LogP contribution >= 0.6 is 0 Å². The van der Waals surface area contributed by atoms with Crippen molar-refractivity contribution in [2.45, 2.75) is 12.5 Å². The molecule has 1 N–H and O–H groups in total. The number of carbonyl (C=O) groups is 1. The molecule has 0 saturated heterocycles. The van der Waals surface area contributed by atoms with Gasteiger partial charge in [0.15, 0.2) is 0 Å². The number of hydrogen-bond donors (Lipinski definition) is 1. The quantitative estimate of drug-likeness (QED) is 0.727. The van der Waals surface area contributed by atoms with Gasteiger partial charge in [-0.15, -0.1) is 6.58 Å². The number of benzene rings is 1. The maximum Gasteiger partial charge on any atom is 0.306 e. The largest absolute Gasteiger partial charge is 0.481 e. The molecule has 0 heterocycles. The van der Waals surface area contributed by atoms with E-state index in [-0.39, 0.29) is 6.42 Å². The second-order valence-corrected chi connectivity index (χ2v) is 3.12. The highest BCUT2D eigenvalue weighted by Crippen LogP contribution is 2.20. The maximum atomic E-state index is 10.6. The van der Waals surface area contributed by atoms with Gasteiger partial charge in [-0.05, 0) is 5.56 Å². The van der Waals surface area contributed by atoms with E-state index in [2.05, 4.69) is 6.58 Å². The summed E-state index contributed by atoms with van der Waals surface area (Å²) in [6, 6.07) is 9.32. The molecule has 0 bridgehead atoms. The Kier molecular flexibility index (Phi) is 4.57. The summed E-state index contributed by atoms with van der Waals surface area (Å²) in [5.41, 5.74) is 0.877. The molecule has 80 valence electrons. The van der Waals surface area contributed by atoms with E-state index in [0.29, 0.717) is 6.61 Å². The summed E-state index contributed by atoms with van der Waals surface area (Å²) in [6.45, 7) is 3.89. The molecule has 0 spiro atoms. The van der Waals surface area contributed by atoms with Crippen molar-refractivity contribution >= 4 is 5.97 Å². The summed E-state index contributed by atoms with van der Waals surface area (Å²) in [4.78, 5) is 10.6. The fraction of sp³-hybridized carbons (Fsp3) is 0.250. The second kappa shape index (κ2) is 5.98. The average Bonchev–Trinajstić information content (AvgIpc) is 2.25. The summed E-state index contributed by atoms with van der Waals surface area (Å²) in [6.07, 6.45) is 1.18. The molecule has 3 heteroatoms. The summed E-state index contributed by atoms with van der Waals surface area (Å²) in [5.74, 6) is -0.868. The molecule has 15 heavy (non-hydrogen) atoms. The maximum absolute atomic E-state index is 10.6. The minimum absolute atomic E-state index is 0.0299. The number of rotatable bonds is 6. The highest BCUT2D eigenvalue weighted by molar-refractivity contribution is 5.67. The monoisotopic (exact) mass is 206 g/mol. The van der Waals surface area contributed by atoms with Crippen molar-refractivity contribution in [3.05, 3.63) is 48.6 Å². The number of carboxylic acids is 1. The van der Waals surface area contributed by atoms with Crippen LogP contribution in [0.1, 0.15) is 18.1 Å². The first-order valence-electron chi connectivity index (χ1n) is 4.73. The van der Waals surface area contributed by atoms with Gasteiger partial charge in [-0.1, -0.05) is 36.4 Å². The van der Waals surface area contributed by atoms with Crippen LogP contribution in [-0.2, 0) is 9.53 Å². The zero-order valence-corrected chi connectivity index (χ0v) is 8.43. The van der Waals surface area contributed by atoms with Crippen LogP contribution < -0.4 is 0 Å². The molecular weight excluding hydrogens is 192 g/mol. The van der Waals surface area contributed by atoms with Crippen molar-refractivity contribution in [2.24, 2.45) is 0 Å². The first-order chi connectivity index (χ1) is 7.24. The predicted molar refractivity (Wildman–Crippen MR) is 57.6 cm³/mol. The van der Waals surface area contributed by atoms with Gasteiger partial charge in [0.2, 0.25) is 0 Å². The third-order valence-electron chi connectivity index (χ3n) is 1.95. The average molecular weight is 206 g/mol. The molecular formula is C12H14O3. The lowest BCUT2D eigenvalue weighted by molar-refractivity contribution is -0.140. The summed E-state index contributed by atoms with van der Waals surface area (Å²) in [5, 5.41) is 8.74.